The summed E-state index contributed by atoms with van der Waals surface area (Å²) >= 11 is 0. The van der Waals surface area contributed by atoms with Gasteiger partial charge in [0.05, 0.1) is 7.11 Å². The second kappa shape index (κ2) is 8.01. The molecule has 0 aliphatic carbocycles. The van der Waals surface area contributed by atoms with Gasteiger partial charge in [-0.05, 0) is 31.5 Å². The number of methoxy groups -OCH3 is 1. The molecule has 0 saturated carbocycles. The van der Waals surface area contributed by atoms with E-state index in [4.69, 9.17) is 15.0 Å². The van der Waals surface area contributed by atoms with Crippen molar-refractivity contribution >= 4 is 5.91 Å². The van der Waals surface area contributed by atoms with E-state index in [1.165, 1.54) is 0 Å². The first-order chi connectivity index (χ1) is 13.0. The molecule has 1 heterocycles. The summed E-state index contributed by atoms with van der Waals surface area (Å²) in [5.41, 5.74) is 8.66. The zero-order valence-corrected chi connectivity index (χ0v) is 15.5. The second-order valence-electron chi connectivity index (χ2n) is 6.31. The second-order valence-corrected chi connectivity index (χ2v) is 6.31. The Morgan fingerprint density at radius 1 is 1.22 bits per heavy atom. The van der Waals surface area contributed by atoms with Gasteiger partial charge < -0.3 is 20.3 Å². The van der Waals surface area contributed by atoms with Crippen molar-refractivity contribution in [3.8, 4) is 17.1 Å². The van der Waals surface area contributed by atoms with Crippen LogP contribution in [0.1, 0.15) is 36.0 Å². The number of ether oxygens (including phenoxy) is 1. The zero-order chi connectivity index (χ0) is 19.4. The summed E-state index contributed by atoms with van der Waals surface area (Å²) in [5.74, 6) is 1.11. The van der Waals surface area contributed by atoms with Crippen LogP contribution in [0.5, 0.6) is 5.75 Å². The van der Waals surface area contributed by atoms with E-state index in [1.807, 2.05) is 55.5 Å². The van der Waals surface area contributed by atoms with Crippen molar-refractivity contribution in [2.24, 2.45) is 5.73 Å². The lowest BCUT2D eigenvalue weighted by Gasteiger charge is -2.15. The van der Waals surface area contributed by atoms with Crippen LogP contribution in [0.3, 0.4) is 0 Å². The average molecular weight is 366 g/mol. The van der Waals surface area contributed by atoms with Crippen molar-refractivity contribution in [2.75, 3.05) is 7.11 Å². The summed E-state index contributed by atoms with van der Waals surface area (Å²) in [7, 11) is 1.59. The highest BCUT2D eigenvalue weighted by Crippen LogP contribution is 2.23. The van der Waals surface area contributed by atoms with E-state index in [1.54, 1.807) is 14.0 Å². The third-order valence-corrected chi connectivity index (χ3v) is 4.22. The van der Waals surface area contributed by atoms with E-state index in [9.17, 15) is 4.79 Å². The Kier molecular flexibility index (Phi) is 5.52. The summed E-state index contributed by atoms with van der Waals surface area (Å²) in [6.45, 7) is 3.75. The SMILES string of the molecule is COc1cccc(-c2noc(C(C)NC(=O)C(N)c3ccc(C)cc3)n2)c1. The fourth-order valence-corrected chi connectivity index (χ4v) is 2.58. The molecule has 7 heteroatoms. The van der Waals surface area contributed by atoms with Gasteiger partial charge in [-0.3, -0.25) is 4.79 Å². The minimum Gasteiger partial charge on any atom is -0.497 e. The van der Waals surface area contributed by atoms with Gasteiger partial charge in [0.1, 0.15) is 17.8 Å². The molecule has 1 aromatic heterocycles. The predicted octanol–water partition coefficient (Wildman–Crippen LogP) is 2.93. The fourth-order valence-electron chi connectivity index (χ4n) is 2.58. The van der Waals surface area contributed by atoms with Gasteiger partial charge >= 0.3 is 0 Å². The highest BCUT2D eigenvalue weighted by atomic mass is 16.5. The van der Waals surface area contributed by atoms with Crippen LogP contribution in [-0.2, 0) is 4.79 Å². The Morgan fingerprint density at radius 3 is 2.67 bits per heavy atom. The maximum absolute atomic E-state index is 12.4. The number of carbonyl (C=O) groups is 1. The van der Waals surface area contributed by atoms with Gasteiger partial charge in [-0.15, -0.1) is 0 Å². The lowest BCUT2D eigenvalue weighted by atomic mass is 10.1. The topological polar surface area (TPSA) is 103 Å². The van der Waals surface area contributed by atoms with E-state index in [0.717, 1.165) is 16.7 Å². The van der Waals surface area contributed by atoms with Crippen LogP contribution < -0.4 is 15.8 Å². The Balaban J connectivity index is 1.69. The van der Waals surface area contributed by atoms with E-state index in [-0.39, 0.29) is 5.91 Å². The van der Waals surface area contributed by atoms with Crippen LogP contribution in [0.15, 0.2) is 53.1 Å². The minimum absolute atomic E-state index is 0.303. The van der Waals surface area contributed by atoms with Crippen LogP contribution in [0.25, 0.3) is 11.4 Å². The lowest BCUT2D eigenvalue weighted by Crippen LogP contribution is -2.35. The molecule has 7 nitrogen and oxygen atoms in total. The predicted molar refractivity (Wildman–Crippen MR) is 101 cm³/mol. The third-order valence-electron chi connectivity index (χ3n) is 4.22. The van der Waals surface area contributed by atoms with Gasteiger partial charge in [-0.2, -0.15) is 4.98 Å². The van der Waals surface area contributed by atoms with Crippen LogP contribution in [-0.4, -0.2) is 23.2 Å². The molecule has 3 N–H and O–H groups in total. The minimum atomic E-state index is -0.770. The molecule has 27 heavy (non-hydrogen) atoms. The van der Waals surface area contributed by atoms with Gasteiger partial charge in [-0.1, -0.05) is 47.1 Å². The summed E-state index contributed by atoms with van der Waals surface area (Å²) in [5, 5.41) is 6.79. The maximum atomic E-state index is 12.4. The Labute approximate surface area is 157 Å². The van der Waals surface area contributed by atoms with Gasteiger partial charge in [0.15, 0.2) is 0 Å². The van der Waals surface area contributed by atoms with Crippen molar-refractivity contribution in [3.05, 3.63) is 65.5 Å². The smallest absolute Gasteiger partial charge is 0.249 e. The molecule has 0 aliphatic rings. The van der Waals surface area contributed by atoms with Gasteiger partial charge in [0.2, 0.25) is 17.6 Å². The summed E-state index contributed by atoms with van der Waals surface area (Å²) in [4.78, 5) is 16.8. The van der Waals surface area contributed by atoms with Gasteiger partial charge in [0, 0.05) is 5.56 Å². The van der Waals surface area contributed by atoms with E-state index in [0.29, 0.717) is 17.5 Å². The zero-order valence-electron chi connectivity index (χ0n) is 15.5. The summed E-state index contributed by atoms with van der Waals surface area (Å²) < 4.78 is 10.5. The average Bonchev–Trinajstić information content (AvgIpc) is 3.18. The molecule has 0 bridgehead atoms. The first-order valence-electron chi connectivity index (χ1n) is 8.58. The van der Waals surface area contributed by atoms with Crippen molar-refractivity contribution in [3.63, 3.8) is 0 Å². The van der Waals surface area contributed by atoms with E-state index >= 15 is 0 Å². The highest BCUT2D eigenvalue weighted by molar-refractivity contribution is 5.83. The third kappa shape index (κ3) is 4.32. The molecule has 3 aromatic rings. The molecule has 0 spiro atoms. The number of benzene rings is 2. The van der Waals surface area contributed by atoms with Crippen molar-refractivity contribution in [1.29, 1.82) is 0 Å². The molecule has 0 fully saturated rings. The highest BCUT2D eigenvalue weighted by Gasteiger charge is 2.22. The number of amides is 1. The van der Waals surface area contributed by atoms with Crippen molar-refractivity contribution < 1.29 is 14.1 Å². The number of nitrogens with one attached hydrogen (secondary N) is 1. The molecule has 140 valence electrons. The molecule has 2 aromatic carbocycles. The molecule has 0 radical (unpaired) electrons. The fraction of sp³-hybridized carbons (Fsp3) is 0.250. The number of nitrogens with zero attached hydrogens (tertiary/aromatic N) is 2. The number of hydrogen-bond acceptors (Lipinski definition) is 6. The first kappa shape index (κ1) is 18.6. The number of nitrogens with two attached hydrogens (primary N) is 1. The maximum Gasteiger partial charge on any atom is 0.249 e. The standard InChI is InChI=1S/C20H22N4O3/c1-12-7-9-14(10-8-12)17(21)19(25)22-13(2)20-23-18(24-27-20)15-5-4-6-16(11-15)26-3/h4-11,13,17H,21H2,1-3H3,(H,22,25). The van der Waals surface area contributed by atoms with Crippen molar-refractivity contribution in [1.82, 2.24) is 15.5 Å². The Bertz CT molecular complexity index is 921. The van der Waals surface area contributed by atoms with E-state index < -0.39 is 12.1 Å². The molecule has 2 atom stereocenters. The molecule has 3 rings (SSSR count). The van der Waals surface area contributed by atoms with Crippen LogP contribution in [0.2, 0.25) is 0 Å². The molecular formula is C20H22N4O3. The number of aromatic nitrogens is 2. The normalized spacial score (nSPS) is 13.0. The summed E-state index contributed by atoms with van der Waals surface area (Å²) in [6.07, 6.45) is 0. The molecular weight excluding hydrogens is 344 g/mol. The molecule has 0 saturated heterocycles. The molecule has 0 aliphatic heterocycles. The molecule has 1 amide bonds. The number of aryl methyl sites for hydroxylation is 1. The van der Waals surface area contributed by atoms with Crippen LogP contribution in [0, 0.1) is 6.92 Å². The summed E-state index contributed by atoms with van der Waals surface area (Å²) in [6, 6.07) is 13.6. The Hall–Kier alpha value is -3.19. The van der Waals surface area contributed by atoms with Gasteiger partial charge in [-0.25, -0.2) is 0 Å². The quantitative estimate of drug-likeness (QED) is 0.695. The van der Waals surface area contributed by atoms with E-state index in [2.05, 4.69) is 15.5 Å². The molecule has 2 unspecified atom stereocenters. The number of carbonyl (C=O) groups excluding carboxylic acids is 1. The lowest BCUT2D eigenvalue weighted by molar-refractivity contribution is -0.123. The monoisotopic (exact) mass is 366 g/mol. The number of hydrogen-bond donors (Lipinski definition) is 2. The van der Waals surface area contributed by atoms with Gasteiger partial charge in [0.25, 0.3) is 0 Å². The number of rotatable bonds is 6. The largest absolute Gasteiger partial charge is 0.497 e. The Morgan fingerprint density at radius 2 is 1.96 bits per heavy atom. The first-order valence-corrected chi connectivity index (χ1v) is 8.58. The van der Waals surface area contributed by atoms with Crippen LogP contribution >= 0.6 is 0 Å². The van der Waals surface area contributed by atoms with Crippen LogP contribution in [0.4, 0.5) is 0 Å². The van der Waals surface area contributed by atoms with Crippen molar-refractivity contribution in [2.45, 2.75) is 25.9 Å².